The van der Waals surface area contributed by atoms with E-state index < -0.39 is 0 Å². The molecule has 0 bridgehead atoms. The van der Waals surface area contributed by atoms with Gasteiger partial charge in [0.2, 0.25) is 0 Å². The van der Waals surface area contributed by atoms with Crippen LogP contribution < -0.4 is 15.5 Å². The van der Waals surface area contributed by atoms with Gasteiger partial charge in [0.25, 0.3) is 5.91 Å². The molecule has 2 atom stereocenters. The molecule has 6 heteroatoms. The number of aromatic nitrogens is 2. The molecule has 40 heavy (non-hydrogen) atoms. The molecule has 1 aromatic heterocycles. The number of anilines is 1. The molecular weight excluding hydrogens is 511 g/mol. The van der Waals surface area contributed by atoms with Crippen molar-refractivity contribution in [3.05, 3.63) is 77.9 Å². The minimum atomic E-state index is -0.0954. The number of hydrogen-bond donors (Lipinski definition) is 2. The number of rotatable bonds is 10. The Hall–Kier alpha value is -3.17. The van der Waals surface area contributed by atoms with E-state index in [-0.39, 0.29) is 5.91 Å². The fourth-order valence-corrected chi connectivity index (χ4v) is 5.15. The Morgan fingerprint density at radius 2 is 1.57 bits per heavy atom. The van der Waals surface area contributed by atoms with E-state index in [1.165, 1.54) is 5.69 Å². The molecule has 0 saturated heterocycles. The minimum Gasteiger partial charge on any atom is -0.366 e. The molecule has 4 rings (SSSR count). The fraction of sp³-hybridized carbons (Fsp3) is 0.412. The van der Waals surface area contributed by atoms with E-state index in [4.69, 9.17) is 0 Å². The average molecular weight is 559 g/mol. The van der Waals surface area contributed by atoms with Crippen molar-refractivity contribution in [2.24, 2.45) is 5.92 Å². The number of carbonyl (C=O) groups is 1. The maximum Gasteiger partial charge on any atom is 0.251 e. The molecule has 2 unspecified atom stereocenters. The SMILES string of the molecule is CC(C)C.CCC(C)N(c1ccc(-c2n[nH]c3ccc(C(=O)NCc4ccccc4P)cc23)cc1)C(CC)CC. The molecule has 4 aromatic rings. The molecular formula is C34H47N4OP. The Morgan fingerprint density at radius 3 is 2.17 bits per heavy atom. The first-order valence-corrected chi connectivity index (χ1v) is 15.3. The van der Waals surface area contributed by atoms with Crippen molar-refractivity contribution in [3.63, 3.8) is 0 Å². The van der Waals surface area contributed by atoms with Crippen LogP contribution in [0, 0.1) is 5.92 Å². The van der Waals surface area contributed by atoms with Crippen LogP contribution in [0.15, 0.2) is 66.7 Å². The molecule has 0 fully saturated rings. The van der Waals surface area contributed by atoms with Gasteiger partial charge in [-0.15, -0.1) is 9.24 Å². The highest BCUT2D eigenvalue weighted by Crippen LogP contribution is 2.31. The second-order valence-electron chi connectivity index (χ2n) is 11.1. The van der Waals surface area contributed by atoms with E-state index in [0.717, 1.165) is 58.2 Å². The van der Waals surface area contributed by atoms with Crippen molar-refractivity contribution in [1.82, 2.24) is 15.5 Å². The predicted molar refractivity (Wildman–Crippen MR) is 176 cm³/mol. The first kappa shape index (κ1) is 31.4. The topological polar surface area (TPSA) is 61.0 Å². The zero-order valence-electron chi connectivity index (χ0n) is 25.3. The van der Waals surface area contributed by atoms with Gasteiger partial charge < -0.3 is 10.2 Å². The number of nitrogens with zero attached hydrogens (tertiary/aromatic N) is 2. The summed E-state index contributed by atoms with van der Waals surface area (Å²) < 4.78 is 0. The van der Waals surface area contributed by atoms with E-state index in [1.54, 1.807) is 0 Å². The summed E-state index contributed by atoms with van der Waals surface area (Å²) in [4.78, 5) is 15.5. The average Bonchev–Trinajstić information content (AvgIpc) is 3.38. The van der Waals surface area contributed by atoms with Gasteiger partial charge in [0.15, 0.2) is 0 Å². The number of benzene rings is 3. The van der Waals surface area contributed by atoms with Gasteiger partial charge in [-0.05, 0) is 73.3 Å². The Bertz CT molecular complexity index is 1360. The maximum atomic E-state index is 12.9. The van der Waals surface area contributed by atoms with E-state index in [1.807, 2.05) is 42.5 Å². The van der Waals surface area contributed by atoms with E-state index in [9.17, 15) is 4.79 Å². The Labute approximate surface area is 243 Å². The van der Waals surface area contributed by atoms with Crippen LogP contribution in [0.1, 0.15) is 83.7 Å². The second kappa shape index (κ2) is 15.0. The Kier molecular flexibility index (Phi) is 11.8. The van der Waals surface area contributed by atoms with Gasteiger partial charge in [-0.1, -0.05) is 77.9 Å². The highest BCUT2D eigenvalue weighted by molar-refractivity contribution is 7.27. The Morgan fingerprint density at radius 1 is 0.925 bits per heavy atom. The highest BCUT2D eigenvalue weighted by atomic mass is 31.0. The lowest BCUT2D eigenvalue weighted by Crippen LogP contribution is -2.41. The third-order valence-corrected chi connectivity index (χ3v) is 7.72. The van der Waals surface area contributed by atoms with Crippen molar-refractivity contribution < 1.29 is 4.79 Å². The molecule has 0 saturated carbocycles. The zero-order chi connectivity index (χ0) is 29.2. The number of fused-ring (bicyclic) bond motifs is 1. The largest absolute Gasteiger partial charge is 0.366 e. The van der Waals surface area contributed by atoms with Crippen molar-refractivity contribution in [2.45, 2.75) is 86.4 Å². The molecule has 0 radical (unpaired) electrons. The zero-order valence-corrected chi connectivity index (χ0v) is 26.4. The van der Waals surface area contributed by atoms with E-state index in [0.29, 0.717) is 24.2 Å². The number of aromatic amines is 1. The van der Waals surface area contributed by atoms with Crippen LogP contribution in [-0.2, 0) is 6.54 Å². The standard InChI is InChI=1S/C30H37N4OP.C4H10/c1-5-20(4)34(24(6-2)7-3)25-15-12-21(13-16-25)29-26-18-22(14-17-27(26)32-33-29)30(35)31-19-23-10-8-9-11-28(23)36;1-4(2)3/h8-18,20,24H,5-7,19,36H2,1-4H3,(H,31,35)(H,32,33);4H,1-3H3. The third kappa shape index (κ3) is 7.95. The summed E-state index contributed by atoms with van der Waals surface area (Å²) >= 11 is 0. The highest BCUT2D eigenvalue weighted by Gasteiger charge is 2.21. The first-order valence-electron chi connectivity index (χ1n) is 14.7. The van der Waals surface area contributed by atoms with Crippen molar-refractivity contribution in [1.29, 1.82) is 0 Å². The number of hydrogen-bond acceptors (Lipinski definition) is 3. The number of H-pyrrole nitrogens is 1. The number of amides is 1. The first-order chi connectivity index (χ1) is 19.2. The van der Waals surface area contributed by atoms with Gasteiger partial charge in [0.05, 0.1) is 11.2 Å². The Balaban J connectivity index is 0.00000103. The van der Waals surface area contributed by atoms with Crippen LogP contribution in [0.5, 0.6) is 0 Å². The van der Waals surface area contributed by atoms with Gasteiger partial charge in [0.1, 0.15) is 0 Å². The molecule has 5 nitrogen and oxygen atoms in total. The maximum absolute atomic E-state index is 12.9. The van der Waals surface area contributed by atoms with Crippen molar-refractivity contribution >= 4 is 37.0 Å². The van der Waals surface area contributed by atoms with Crippen LogP contribution in [0.3, 0.4) is 0 Å². The summed E-state index contributed by atoms with van der Waals surface area (Å²) in [7, 11) is 2.72. The summed E-state index contributed by atoms with van der Waals surface area (Å²) in [5.41, 5.74) is 5.77. The summed E-state index contributed by atoms with van der Waals surface area (Å²) in [5, 5.41) is 12.8. The van der Waals surface area contributed by atoms with Gasteiger partial charge in [-0.25, -0.2) is 0 Å². The summed E-state index contributed by atoms with van der Waals surface area (Å²) in [6.07, 6.45) is 3.36. The monoisotopic (exact) mass is 558 g/mol. The normalized spacial score (nSPS) is 11.8. The third-order valence-electron chi connectivity index (χ3n) is 7.16. The van der Waals surface area contributed by atoms with Crippen LogP contribution >= 0.6 is 9.24 Å². The smallest absolute Gasteiger partial charge is 0.251 e. The molecule has 2 N–H and O–H groups in total. The lowest BCUT2D eigenvalue weighted by atomic mass is 10.0. The molecule has 1 heterocycles. The van der Waals surface area contributed by atoms with Crippen molar-refractivity contribution in [2.75, 3.05) is 4.90 Å². The van der Waals surface area contributed by atoms with Gasteiger partial charge >= 0.3 is 0 Å². The van der Waals surface area contributed by atoms with E-state index in [2.05, 4.69) is 102 Å². The van der Waals surface area contributed by atoms with Crippen LogP contribution in [0.4, 0.5) is 5.69 Å². The molecule has 0 aliphatic carbocycles. The fourth-order valence-electron chi connectivity index (χ4n) is 4.84. The minimum absolute atomic E-state index is 0.0954. The summed E-state index contributed by atoms with van der Waals surface area (Å²) in [6, 6.07) is 23.4. The predicted octanol–water partition coefficient (Wildman–Crippen LogP) is 8.12. The number of carbonyl (C=O) groups excluding carboxylic acids is 1. The molecule has 1 amide bonds. The lowest BCUT2D eigenvalue weighted by Gasteiger charge is -2.37. The summed E-state index contributed by atoms with van der Waals surface area (Å²) in [5.74, 6) is 0.738. The summed E-state index contributed by atoms with van der Waals surface area (Å²) in [6.45, 7) is 16.1. The molecule has 0 spiro atoms. The van der Waals surface area contributed by atoms with Gasteiger partial charge in [0, 0.05) is 40.8 Å². The lowest BCUT2D eigenvalue weighted by molar-refractivity contribution is 0.0951. The molecule has 214 valence electrons. The van der Waals surface area contributed by atoms with Gasteiger partial charge in [-0.2, -0.15) is 5.10 Å². The molecule has 0 aliphatic rings. The van der Waals surface area contributed by atoms with Gasteiger partial charge in [-0.3, -0.25) is 9.89 Å². The quantitative estimate of drug-likeness (QED) is 0.193. The molecule has 3 aromatic carbocycles. The van der Waals surface area contributed by atoms with Crippen molar-refractivity contribution in [3.8, 4) is 11.3 Å². The second-order valence-corrected chi connectivity index (χ2v) is 11.7. The van der Waals surface area contributed by atoms with Crippen LogP contribution in [0.25, 0.3) is 22.2 Å². The van der Waals surface area contributed by atoms with Crippen LogP contribution in [-0.4, -0.2) is 28.2 Å². The number of nitrogens with one attached hydrogen (secondary N) is 2. The molecule has 0 aliphatic heterocycles. The van der Waals surface area contributed by atoms with Crippen LogP contribution in [0.2, 0.25) is 0 Å². The van der Waals surface area contributed by atoms with E-state index >= 15 is 0 Å².